The van der Waals surface area contributed by atoms with E-state index in [1.165, 1.54) is 17.0 Å². The number of amides is 1. The first-order valence-corrected chi connectivity index (χ1v) is 7.73. The first kappa shape index (κ1) is 19.5. The Balaban J connectivity index is 0.00000225. The van der Waals surface area contributed by atoms with Gasteiger partial charge in [-0.05, 0) is 43.7 Å². The summed E-state index contributed by atoms with van der Waals surface area (Å²) in [6, 6.07) is 4.13. The number of carbonyl (C=O) groups is 2. The number of carbonyl (C=O) groups excluding carboxylic acids is 1. The number of hydrogen-bond donors (Lipinski definition) is 1. The fraction of sp³-hybridized carbons (Fsp3) is 0.500. The van der Waals surface area contributed by atoms with Gasteiger partial charge in [0.1, 0.15) is 0 Å². The van der Waals surface area contributed by atoms with Gasteiger partial charge in [-0.25, -0.2) is 0 Å². The number of halogens is 4. The first-order chi connectivity index (χ1) is 11.3. The van der Waals surface area contributed by atoms with Crippen LogP contribution in [0.3, 0.4) is 0 Å². The Hall–Kier alpha value is -1.80. The molecule has 0 radical (unpaired) electrons. The van der Waals surface area contributed by atoms with Crippen LogP contribution in [0.15, 0.2) is 24.3 Å². The molecule has 0 aliphatic carbocycles. The second kappa shape index (κ2) is 7.21. The summed E-state index contributed by atoms with van der Waals surface area (Å²) in [4.78, 5) is 26.9. The summed E-state index contributed by atoms with van der Waals surface area (Å²) < 4.78 is 37.8. The monoisotopic (exact) mass is 378 g/mol. The van der Waals surface area contributed by atoms with Crippen LogP contribution >= 0.6 is 12.4 Å². The van der Waals surface area contributed by atoms with E-state index in [1.54, 1.807) is 0 Å². The van der Waals surface area contributed by atoms with Crippen LogP contribution in [0, 0.1) is 5.92 Å². The average molecular weight is 379 g/mol. The third-order valence-electron chi connectivity index (χ3n) is 4.69. The van der Waals surface area contributed by atoms with Crippen molar-refractivity contribution in [1.82, 2.24) is 4.90 Å². The number of alkyl halides is 3. The summed E-state index contributed by atoms with van der Waals surface area (Å²) in [6.07, 6.45) is -3.34. The zero-order chi connectivity index (χ0) is 17.5. The highest BCUT2D eigenvalue weighted by Crippen LogP contribution is 2.32. The minimum absolute atomic E-state index is 0. The largest absolute Gasteiger partial charge is 0.481 e. The van der Waals surface area contributed by atoms with Crippen molar-refractivity contribution in [3.63, 3.8) is 0 Å². The van der Waals surface area contributed by atoms with E-state index < -0.39 is 29.7 Å². The maximum absolute atomic E-state index is 12.6. The molecular formula is C16H18ClF3N2O3. The number of likely N-dealkylation sites (tertiary alicyclic amines) is 1. The van der Waals surface area contributed by atoms with Crippen LogP contribution in [0.2, 0.25) is 0 Å². The van der Waals surface area contributed by atoms with Crippen molar-refractivity contribution >= 4 is 30.0 Å². The lowest BCUT2D eigenvalue weighted by molar-refractivity contribution is -0.141. The van der Waals surface area contributed by atoms with Gasteiger partial charge in [-0.15, -0.1) is 12.4 Å². The Morgan fingerprint density at radius 3 is 2.28 bits per heavy atom. The lowest BCUT2D eigenvalue weighted by Gasteiger charge is -2.23. The molecule has 138 valence electrons. The second-order valence-corrected chi connectivity index (χ2v) is 6.16. The molecule has 0 spiro atoms. The van der Waals surface area contributed by atoms with Crippen molar-refractivity contribution in [2.24, 2.45) is 5.92 Å². The highest BCUT2D eigenvalue weighted by atomic mass is 35.5. The number of hydrogen-bond acceptors (Lipinski definition) is 3. The molecule has 0 bridgehead atoms. The van der Waals surface area contributed by atoms with E-state index in [1.807, 2.05) is 4.90 Å². The molecule has 0 saturated carbocycles. The van der Waals surface area contributed by atoms with Crippen LogP contribution in [0.5, 0.6) is 0 Å². The highest BCUT2D eigenvalue weighted by molar-refractivity contribution is 5.99. The number of anilines is 1. The van der Waals surface area contributed by atoms with E-state index in [2.05, 4.69) is 0 Å². The SMILES string of the molecule is Cl.O=C(O)C1CCN(C2CCN(c3ccc(C(F)(F)F)cc3)C2=O)C1. The Morgan fingerprint density at radius 1 is 1.12 bits per heavy atom. The van der Waals surface area contributed by atoms with E-state index >= 15 is 0 Å². The fourth-order valence-electron chi connectivity index (χ4n) is 3.36. The molecule has 5 nitrogen and oxygen atoms in total. The molecular weight excluding hydrogens is 361 g/mol. The number of benzene rings is 1. The summed E-state index contributed by atoms with van der Waals surface area (Å²) in [5.74, 6) is -1.50. The smallest absolute Gasteiger partial charge is 0.416 e. The van der Waals surface area contributed by atoms with Crippen molar-refractivity contribution in [3.8, 4) is 0 Å². The Labute approximate surface area is 148 Å². The third-order valence-corrected chi connectivity index (χ3v) is 4.69. The van der Waals surface area contributed by atoms with Gasteiger partial charge >= 0.3 is 12.1 Å². The van der Waals surface area contributed by atoms with Crippen LogP contribution in [0.4, 0.5) is 18.9 Å². The molecule has 1 N–H and O–H groups in total. The van der Waals surface area contributed by atoms with Gasteiger partial charge in [-0.1, -0.05) is 0 Å². The molecule has 2 heterocycles. The average Bonchev–Trinajstić information content (AvgIpc) is 3.13. The molecule has 0 aromatic heterocycles. The van der Waals surface area contributed by atoms with Crippen molar-refractivity contribution in [1.29, 1.82) is 0 Å². The predicted octanol–water partition coefficient (Wildman–Crippen LogP) is 2.64. The lowest BCUT2D eigenvalue weighted by atomic mass is 10.1. The molecule has 25 heavy (non-hydrogen) atoms. The normalized spacial score (nSPS) is 24.4. The van der Waals surface area contributed by atoms with Crippen molar-refractivity contribution < 1.29 is 27.9 Å². The summed E-state index contributed by atoms with van der Waals surface area (Å²) in [7, 11) is 0. The Bertz CT molecular complexity index is 651. The Morgan fingerprint density at radius 2 is 1.76 bits per heavy atom. The van der Waals surface area contributed by atoms with E-state index in [4.69, 9.17) is 5.11 Å². The van der Waals surface area contributed by atoms with Gasteiger partial charge in [-0.3, -0.25) is 14.5 Å². The van der Waals surface area contributed by atoms with Gasteiger partial charge in [-0.2, -0.15) is 13.2 Å². The summed E-state index contributed by atoms with van der Waals surface area (Å²) in [6.45, 7) is 1.31. The fourth-order valence-corrected chi connectivity index (χ4v) is 3.36. The molecule has 2 unspecified atom stereocenters. The molecule has 2 fully saturated rings. The van der Waals surface area contributed by atoms with E-state index in [0.717, 1.165) is 12.1 Å². The van der Waals surface area contributed by atoms with E-state index in [9.17, 15) is 22.8 Å². The first-order valence-electron chi connectivity index (χ1n) is 7.73. The van der Waals surface area contributed by atoms with Gasteiger partial charge in [0.2, 0.25) is 5.91 Å². The molecule has 1 amide bonds. The second-order valence-electron chi connectivity index (χ2n) is 6.16. The summed E-state index contributed by atoms with van der Waals surface area (Å²) in [5, 5.41) is 9.05. The lowest BCUT2D eigenvalue weighted by Crippen LogP contribution is -2.41. The molecule has 1 aromatic rings. The van der Waals surface area contributed by atoms with Crippen LogP contribution < -0.4 is 4.90 Å². The zero-order valence-electron chi connectivity index (χ0n) is 13.2. The number of rotatable bonds is 3. The van der Waals surface area contributed by atoms with E-state index in [-0.39, 0.29) is 18.3 Å². The number of carboxylic acid groups (broad SMARTS) is 1. The topological polar surface area (TPSA) is 60.9 Å². The van der Waals surface area contributed by atoms with E-state index in [0.29, 0.717) is 38.2 Å². The molecule has 2 saturated heterocycles. The number of aliphatic carboxylic acids is 1. The quantitative estimate of drug-likeness (QED) is 0.878. The number of nitrogens with zero attached hydrogens (tertiary/aromatic N) is 2. The highest BCUT2D eigenvalue weighted by Gasteiger charge is 2.41. The van der Waals surface area contributed by atoms with Crippen LogP contribution in [0.1, 0.15) is 18.4 Å². The summed E-state index contributed by atoms with van der Waals surface area (Å²) in [5.41, 5.74) is -0.317. The van der Waals surface area contributed by atoms with Crippen molar-refractivity contribution in [3.05, 3.63) is 29.8 Å². The maximum Gasteiger partial charge on any atom is 0.416 e. The molecule has 2 aliphatic rings. The maximum atomic E-state index is 12.6. The van der Waals surface area contributed by atoms with Crippen LogP contribution in [-0.2, 0) is 15.8 Å². The molecule has 3 rings (SSSR count). The van der Waals surface area contributed by atoms with Gasteiger partial charge in [0.15, 0.2) is 0 Å². The van der Waals surface area contributed by atoms with Crippen LogP contribution in [-0.4, -0.2) is 47.6 Å². The zero-order valence-corrected chi connectivity index (χ0v) is 14.0. The van der Waals surface area contributed by atoms with Gasteiger partial charge < -0.3 is 10.0 Å². The van der Waals surface area contributed by atoms with Crippen molar-refractivity contribution in [2.45, 2.75) is 25.1 Å². The Kier molecular flexibility index (Phi) is 5.63. The van der Waals surface area contributed by atoms with Gasteiger partial charge in [0.25, 0.3) is 0 Å². The predicted molar refractivity (Wildman–Crippen MR) is 86.8 cm³/mol. The van der Waals surface area contributed by atoms with Crippen molar-refractivity contribution in [2.75, 3.05) is 24.5 Å². The molecule has 9 heteroatoms. The van der Waals surface area contributed by atoms with Gasteiger partial charge in [0, 0.05) is 18.8 Å². The van der Waals surface area contributed by atoms with Gasteiger partial charge in [0.05, 0.1) is 17.5 Å². The minimum Gasteiger partial charge on any atom is -0.481 e. The molecule has 2 atom stereocenters. The summed E-state index contributed by atoms with van der Waals surface area (Å²) >= 11 is 0. The standard InChI is InChI=1S/C16H17F3N2O3.ClH/c17-16(18,19)11-1-3-12(4-2-11)21-8-6-13(14(21)22)20-7-5-10(9-20)15(23)24;/h1-4,10,13H,5-9H2,(H,23,24);1H. The molecule has 2 aliphatic heterocycles. The third kappa shape index (κ3) is 3.90. The minimum atomic E-state index is -4.41. The van der Waals surface area contributed by atoms with Crippen LogP contribution in [0.25, 0.3) is 0 Å². The number of carboxylic acids is 1. The molecule has 1 aromatic carbocycles.